The van der Waals surface area contributed by atoms with Gasteiger partial charge >= 0.3 is 0 Å². The number of hydrogen-bond acceptors (Lipinski definition) is 3. The van der Waals surface area contributed by atoms with Crippen molar-refractivity contribution < 1.29 is 4.74 Å². The predicted molar refractivity (Wildman–Crippen MR) is 111 cm³/mol. The third-order valence-electron chi connectivity index (χ3n) is 4.85. The van der Waals surface area contributed by atoms with E-state index in [9.17, 15) is 4.79 Å². The normalized spacial score (nSPS) is 11.1. The van der Waals surface area contributed by atoms with E-state index in [0.29, 0.717) is 12.1 Å². The van der Waals surface area contributed by atoms with E-state index in [2.05, 4.69) is 24.2 Å². The molecule has 142 valence electrons. The van der Waals surface area contributed by atoms with Gasteiger partial charge in [-0.15, -0.1) is 0 Å². The maximum Gasteiger partial charge on any atom is 0.272 e. The van der Waals surface area contributed by atoms with Gasteiger partial charge in [0, 0.05) is 29.4 Å². The Morgan fingerprint density at radius 3 is 2.57 bits per heavy atom. The van der Waals surface area contributed by atoms with Crippen molar-refractivity contribution in [1.29, 1.82) is 0 Å². The van der Waals surface area contributed by atoms with Gasteiger partial charge in [-0.05, 0) is 18.1 Å². The average molecular weight is 373 g/mol. The zero-order valence-electron chi connectivity index (χ0n) is 16.1. The van der Waals surface area contributed by atoms with Gasteiger partial charge in [0.25, 0.3) is 5.56 Å². The molecule has 0 atom stereocenters. The highest BCUT2D eigenvalue weighted by molar-refractivity contribution is 5.84. The smallest absolute Gasteiger partial charge is 0.272 e. The minimum Gasteiger partial charge on any atom is -0.496 e. The molecule has 2 aromatic carbocycles. The Hall–Kier alpha value is -3.34. The Morgan fingerprint density at radius 1 is 1.07 bits per heavy atom. The Morgan fingerprint density at radius 2 is 1.82 bits per heavy atom. The lowest BCUT2D eigenvalue weighted by Gasteiger charge is -2.09. The third kappa shape index (κ3) is 3.31. The highest BCUT2D eigenvalue weighted by Crippen LogP contribution is 2.35. The lowest BCUT2D eigenvalue weighted by atomic mass is 10.00. The van der Waals surface area contributed by atoms with Gasteiger partial charge in [-0.25, -0.2) is 9.50 Å². The molecule has 0 saturated carbocycles. The molecular weight excluding hydrogens is 350 g/mol. The number of aromatic nitrogens is 3. The molecule has 2 aromatic heterocycles. The van der Waals surface area contributed by atoms with Gasteiger partial charge in [-0.2, -0.15) is 0 Å². The summed E-state index contributed by atoms with van der Waals surface area (Å²) in [6.45, 7) is 2.09. The summed E-state index contributed by atoms with van der Waals surface area (Å²) in [5.74, 6) is 0.758. The molecule has 0 spiro atoms. The fourth-order valence-corrected chi connectivity index (χ4v) is 3.58. The van der Waals surface area contributed by atoms with Crippen LogP contribution in [0.5, 0.6) is 5.75 Å². The summed E-state index contributed by atoms with van der Waals surface area (Å²) in [5.41, 5.74) is 5.30. The van der Waals surface area contributed by atoms with Crippen molar-refractivity contribution in [2.24, 2.45) is 0 Å². The van der Waals surface area contributed by atoms with E-state index in [1.54, 1.807) is 17.7 Å². The number of hydrogen-bond donors (Lipinski definition) is 1. The van der Waals surface area contributed by atoms with E-state index in [-0.39, 0.29) is 5.56 Å². The van der Waals surface area contributed by atoms with Gasteiger partial charge in [0.1, 0.15) is 5.75 Å². The Bertz CT molecular complexity index is 1160. The lowest BCUT2D eigenvalue weighted by molar-refractivity contribution is 0.416. The second kappa shape index (κ2) is 7.72. The van der Waals surface area contributed by atoms with Crippen LogP contribution in [0.2, 0.25) is 0 Å². The SMILES string of the molecule is CCCc1cc(=O)n2[nH]c(Cc3ccccc3)c(-c3ccccc3OC)c2n1. The molecule has 0 aliphatic heterocycles. The molecule has 1 N–H and O–H groups in total. The van der Waals surface area contributed by atoms with E-state index in [1.807, 2.05) is 42.5 Å². The van der Waals surface area contributed by atoms with Crippen molar-refractivity contribution in [3.63, 3.8) is 0 Å². The minimum atomic E-state index is -0.0936. The van der Waals surface area contributed by atoms with Crippen LogP contribution in [0.3, 0.4) is 0 Å². The summed E-state index contributed by atoms with van der Waals surface area (Å²) in [6.07, 6.45) is 2.38. The first-order chi connectivity index (χ1) is 13.7. The number of nitrogens with zero attached hydrogens (tertiary/aromatic N) is 2. The fraction of sp³-hybridized carbons (Fsp3) is 0.217. The van der Waals surface area contributed by atoms with Crippen LogP contribution in [0.1, 0.15) is 30.3 Å². The molecule has 28 heavy (non-hydrogen) atoms. The van der Waals surface area contributed by atoms with Gasteiger partial charge < -0.3 is 4.74 Å². The number of aromatic amines is 1. The zero-order valence-corrected chi connectivity index (χ0v) is 16.1. The summed E-state index contributed by atoms with van der Waals surface area (Å²) >= 11 is 0. The van der Waals surface area contributed by atoms with Gasteiger partial charge in [-0.1, -0.05) is 61.9 Å². The van der Waals surface area contributed by atoms with Crippen LogP contribution in [0.15, 0.2) is 65.5 Å². The number of ether oxygens (including phenoxy) is 1. The highest BCUT2D eigenvalue weighted by atomic mass is 16.5. The maximum absolute atomic E-state index is 12.7. The van der Waals surface area contributed by atoms with Crippen LogP contribution in [0.25, 0.3) is 16.8 Å². The van der Waals surface area contributed by atoms with E-state index in [1.165, 1.54) is 0 Å². The number of H-pyrrole nitrogens is 1. The molecule has 0 aliphatic rings. The minimum absolute atomic E-state index is 0.0936. The quantitative estimate of drug-likeness (QED) is 0.550. The molecular formula is C23H23N3O2. The first-order valence-corrected chi connectivity index (χ1v) is 9.52. The number of nitrogens with one attached hydrogen (secondary N) is 1. The number of rotatable bonds is 6. The van der Waals surface area contributed by atoms with Crippen LogP contribution in [0, 0.1) is 0 Å². The summed E-state index contributed by atoms with van der Waals surface area (Å²) in [5, 5.41) is 3.29. The molecule has 0 bridgehead atoms. The Labute approximate surface area is 163 Å². The van der Waals surface area contributed by atoms with Crippen molar-refractivity contribution in [3.05, 3.63) is 88.0 Å². The number of para-hydroxylation sites is 1. The van der Waals surface area contributed by atoms with E-state index < -0.39 is 0 Å². The summed E-state index contributed by atoms with van der Waals surface area (Å²) in [4.78, 5) is 17.6. The van der Waals surface area contributed by atoms with Crippen LogP contribution < -0.4 is 10.3 Å². The number of aryl methyl sites for hydroxylation is 1. The Balaban J connectivity index is 1.99. The fourth-order valence-electron chi connectivity index (χ4n) is 3.58. The van der Waals surface area contributed by atoms with Gasteiger partial charge in [0.15, 0.2) is 5.65 Å². The van der Waals surface area contributed by atoms with E-state index >= 15 is 0 Å². The molecule has 4 rings (SSSR count). The van der Waals surface area contributed by atoms with Crippen LogP contribution >= 0.6 is 0 Å². The molecule has 5 heteroatoms. The molecule has 2 heterocycles. The molecule has 4 aromatic rings. The summed E-state index contributed by atoms with van der Waals surface area (Å²) < 4.78 is 7.14. The van der Waals surface area contributed by atoms with Gasteiger partial charge in [-0.3, -0.25) is 9.89 Å². The van der Waals surface area contributed by atoms with Crippen molar-refractivity contribution in [2.75, 3.05) is 7.11 Å². The van der Waals surface area contributed by atoms with E-state index in [0.717, 1.165) is 46.7 Å². The second-order valence-corrected chi connectivity index (χ2v) is 6.82. The monoisotopic (exact) mass is 373 g/mol. The first-order valence-electron chi connectivity index (χ1n) is 9.52. The van der Waals surface area contributed by atoms with Crippen molar-refractivity contribution in [2.45, 2.75) is 26.2 Å². The van der Waals surface area contributed by atoms with E-state index in [4.69, 9.17) is 9.72 Å². The molecule has 0 saturated heterocycles. The molecule has 0 amide bonds. The van der Waals surface area contributed by atoms with Gasteiger partial charge in [0.05, 0.1) is 12.7 Å². The largest absolute Gasteiger partial charge is 0.496 e. The average Bonchev–Trinajstić information content (AvgIpc) is 3.07. The molecule has 0 unspecified atom stereocenters. The summed E-state index contributed by atoms with van der Waals surface area (Å²) in [6, 6.07) is 19.7. The van der Waals surface area contributed by atoms with Gasteiger partial charge in [0.2, 0.25) is 0 Å². The lowest BCUT2D eigenvalue weighted by Crippen LogP contribution is -2.15. The highest BCUT2D eigenvalue weighted by Gasteiger charge is 2.20. The van der Waals surface area contributed by atoms with Crippen molar-refractivity contribution >= 4 is 5.65 Å². The number of fused-ring (bicyclic) bond motifs is 1. The number of benzene rings is 2. The van der Waals surface area contributed by atoms with Crippen molar-refractivity contribution in [1.82, 2.24) is 14.6 Å². The van der Waals surface area contributed by atoms with Crippen LogP contribution in [-0.2, 0) is 12.8 Å². The second-order valence-electron chi connectivity index (χ2n) is 6.82. The van der Waals surface area contributed by atoms with Crippen LogP contribution in [-0.4, -0.2) is 21.7 Å². The molecule has 5 nitrogen and oxygen atoms in total. The Kier molecular flexibility index (Phi) is 4.98. The zero-order chi connectivity index (χ0) is 19.5. The first kappa shape index (κ1) is 18.0. The molecule has 0 aliphatic carbocycles. The topological polar surface area (TPSA) is 59.4 Å². The summed E-state index contributed by atoms with van der Waals surface area (Å²) in [7, 11) is 1.66. The van der Waals surface area contributed by atoms with Crippen LogP contribution in [0.4, 0.5) is 0 Å². The molecule has 0 fully saturated rings. The number of methoxy groups -OCH3 is 1. The predicted octanol–water partition coefficient (Wildman–Crippen LogP) is 4.24. The third-order valence-corrected chi connectivity index (χ3v) is 4.85. The molecule has 0 radical (unpaired) electrons. The van der Waals surface area contributed by atoms with Crippen molar-refractivity contribution in [3.8, 4) is 16.9 Å². The maximum atomic E-state index is 12.7. The standard InChI is InChI=1S/C23H23N3O2/c1-3-9-17-15-21(27)26-23(24-17)22(18-12-7-8-13-20(18)28-2)19(25-26)14-16-10-5-4-6-11-16/h4-8,10-13,15,25H,3,9,14H2,1-2H3.